The SMILES string of the molecule is CCCC[NH2+][C@@H](C)CC[C@H](C)Oc1ccccc1. The van der Waals surface area contributed by atoms with Crippen molar-refractivity contribution in [3.05, 3.63) is 30.3 Å². The number of ether oxygens (including phenoxy) is 1. The molecule has 0 aliphatic heterocycles. The van der Waals surface area contributed by atoms with Gasteiger partial charge in [0.25, 0.3) is 0 Å². The maximum atomic E-state index is 5.88. The molecule has 18 heavy (non-hydrogen) atoms. The molecule has 0 aliphatic carbocycles. The lowest BCUT2D eigenvalue weighted by molar-refractivity contribution is -0.687. The number of benzene rings is 1. The number of rotatable bonds is 9. The molecule has 2 atom stereocenters. The highest BCUT2D eigenvalue weighted by Gasteiger charge is 2.09. The van der Waals surface area contributed by atoms with Crippen LogP contribution in [0.2, 0.25) is 0 Å². The second kappa shape index (κ2) is 8.98. The van der Waals surface area contributed by atoms with E-state index < -0.39 is 0 Å². The lowest BCUT2D eigenvalue weighted by Gasteiger charge is -2.16. The topological polar surface area (TPSA) is 25.8 Å². The molecule has 0 aromatic heterocycles. The summed E-state index contributed by atoms with van der Waals surface area (Å²) in [6.07, 6.45) is 5.25. The first-order valence-corrected chi connectivity index (χ1v) is 7.27. The van der Waals surface area contributed by atoms with Gasteiger partial charge in [0.05, 0.1) is 18.7 Å². The van der Waals surface area contributed by atoms with Crippen LogP contribution in [0.25, 0.3) is 0 Å². The molecule has 0 fully saturated rings. The van der Waals surface area contributed by atoms with Crippen LogP contribution in [0.1, 0.15) is 46.5 Å². The zero-order chi connectivity index (χ0) is 13.2. The molecule has 1 aromatic rings. The number of para-hydroxylation sites is 1. The summed E-state index contributed by atoms with van der Waals surface area (Å²) in [5.41, 5.74) is 0. The van der Waals surface area contributed by atoms with Gasteiger partial charge in [-0.15, -0.1) is 0 Å². The number of hydrogen-bond acceptors (Lipinski definition) is 1. The summed E-state index contributed by atoms with van der Waals surface area (Å²) in [7, 11) is 0. The monoisotopic (exact) mass is 250 g/mol. The Labute approximate surface area is 112 Å². The molecule has 2 N–H and O–H groups in total. The van der Waals surface area contributed by atoms with Crippen molar-refractivity contribution in [3.63, 3.8) is 0 Å². The van der Waals surface area contributed by atoms with E-state index >= 15 is 0 Å². The van der Waals surface area contributed by atoms with Crippen LogP contribution >= 0.6 is 0 Å². The summed E-state index contributed by atoms with van der Waals surface area (Å²) in [6.45, 7) is 7.97. The second-order valence-corrected chi connectivity index (χ2v) is 5.17. The highest BCUT2D eigenvalue weighted by molar-refractivity contribution is 5.21. The average Bonchev–Trinajstić information content (AvgIpc) is 2.38. The van der Waals surface area contributed by atoms with Crippen LogP contribution in [0.5, 0.6) is 5.75 Å². The van der Waals surface area contributed by atoms with Gasteiger partial charge < -0.3 is 10.1 Å². The Bertz CT molecular complexity index is 299. The molecule has 1 rings (SSSR count). The van der Waals surface area contributed by atoms with Crippen LogP contribution in [0, 0.1) is 0 Å². The molecule has 0 saturated carbocycles. The maximum absolute atomic E-state index is 5.88. The van der Waals surface area contributed by atoms with Gasteiger partial charge in [-0.2, -0.15) is 0 Å². The predicted octanol–water partition coefficient (Wildman–Crippen LogP) is 2.99. The molecule has 1 aromatic carbocycles. The standard InChI is InChI=1S/C16H27NO/c1-4-5-13-17-14(2)11-12-15(3)18-16-9-7-6-8-10-16/h6-10,14-15,17H,4-5,11-13H2,1-3H3/p+1/t14-,15-/m0/s1. The summed E-state index contributed by atoms with van der Waals surface area (Å²) in [6, 6.07) is 10.8. The van der Waals surface area contributed by atoms with Gasteiger partial charge in [0.2, 0.25) is 0 Å². The van der Waals surface area contributed by atoms with Crippen molar-refractivity contribution in [1.29, 1.82) is 0 Å². The van der Waals surface area contributed by atoms with Gasteiger partial charge >= 0.3 is 0 Å². The smallest absolute Gasteiger partial charge is 0.119 e. The van der Waals surface area contributed by atoms with Crippen LogP contribution in [0.15, 0.2) is 30.3 Å². The van der Waals surface area contributed by atoms with Gasteiger partial charge in [0, 0.05) is 6.42 Å². The lowest BCUT2D eigenvalue weighted by atomic mass is 10.1. The molecule has 102 valence electrons. The average molecular weight is 250 g/mol. The van der Waals surface area contributed by atoms with Crippen molar-refractivity contribution < 1.29 is 10.1 Å². The van der Waals surface area contributed by atoms with Crippen molar-refractivity contribution in [3.8, 4) is 5.75 Å². The third kappa shape index (κ3) is 6.65. The van der Waals surface area contributed by atoms with Gasteiger partial charge in [-0.3, -0.25) is 0 Å². The Hall–Kier alpha value is -1.02. The van der Waals surface area contributed by atoms with Crippen molar-refractivity contribution in [1.82, 2.24) is 0 Å². The van der Waals surface area contributed by atoms with Crippen molar-refractivity contribution in [2.24, 2.45) is 0 Å². The summed E-state index contributed by atoms with van der Waals surface area (Å²) < 4.78 is 5.88. The fourth-order valence-corrected chi connectivity index (χ4v) is 2.01. The highest BCUT2D eigenvalue weighted by Crippen LogP contribution is 2.13. The minimum absolute atomic E-state index is 0.300. The van der Waals surface area contributed by atoms with Gasteiger partial charge in [0.15, 0.2) is 0 Å². The first-order chi connectivity index (χ1) is 8.72. The molecular formula is C16H28NO+. The Morgan fingerprint density at radius 3 is 2.50 bits per heavy atom. The quantitative estimate of drug-likeness (QED) is 0.670. The van der Waals surface area contributed by atoms with Crippen LogP contribution in [0.4, 0.5) is 0 Å². The van der Waals surface area contributed by atoms with E-state index in [2.05, 4.69) is 26.1 Å². The molecule has 2 heteroatoms. The minimum atomic E-state index is 0.300. The molecule has 0 saturated heterocycles. The lowest BCUT2D eigenvalue weighted by Crippen LogP contribution is -2.89. The molecular weight excluding hydrogens is 222 g/mol. The zero-order valence-corrected chi connectivity index (χ0v) is 12.1. The van der Waals surface area contributed by atoms with Gasteiger partial charge in [-0.25, -0.2) is 0 Å². The predicted molar refractivity (Wildman–Crippen MR) is 76.9 cm³/mol. The van der Waals surface area contributed by atoms with Gasteiger partial charge in [0.1, 0.15) is 5.75 Å². The Morgan fingerprint density at radius 2 is 1.83 bits per heavy atom. The molecule has 0 amide bonds. The normalized spacial score (nSPS) is 14.2. The molecule has 0 aliphatic rings. The Morgan fingerprint density at radius 1 is 1.11 bits per heavy atom. The zero-order valence-electron chi connectivity index (χ0n) is 12.1. The fraction of sp³-hybridized carbons (Fsp3) is 0.625. The number of hydrogen-bond donors (Lipinski definition) is 1. The van der Waals surface area contributed by atoms with E-state index in [1.807, 2.05) is 30.3 Å². The second-order valence-electron chi connectivity index (χ2n) is 5.17. The van der Waals surface area contributed by atoms with E-state index in [0.29, 0.717) is 12.1 Å². The summed E-state index contributed by atoms with van der Waals surface area (Å²) >= 11 is 0. The van der Waals surface area contributed by atoms with E-state index in [4.69, 9.17) is 4.74 Å². The molecule has 0 radical (unpaired) electrons. The highest BCUT2D eigenvalue weighted by atomic mass is 16.5. The van der Waals surface area contributed by atoms with Gasteiger partial charge in [-0.1, -0.05) is 31.5 Å². The van der Waals surface area contributed by atoms with Crippen LogP contribution in [0.3, 0.4) is 0 Å². The first kappa shape index (κ1) is 15.0. The van der Waals surface area contributed by atoms with E-state index in [1.165, 1.54) is 25.8 Å². The molecule has 0 unspecified atom stereocenters. The maximum Gasteiger partial charge on any atom is 0.119 e. The van der Waals surface area contributed by atoms with E-state index in [1.54, 1.807) is 0 Å². The first-order valence-electron chi connectivity index (χ1n) is 7.27. The van der Waals surface area contributed by atoms with Crippen molar-refractivity contribution in [2.75, 3.05) is 6.54 Å². The number of quaternary nitrogens is 1. The summed E-state index contributed by atoms with van der Waals surface area (Å²) in [5, 5.41) is 2.46. The van der Waals surface area contributed by atoms with Crippen LogP contribution < -0.4 is 10.1 Å². The molecule has 0 spiro atoms. The van der Waals surface area contributed by atoms with Crippen molar-refractivity contribution in [2.45, 2.75) is 58.6 Å². The van der Waals surface area contributed by atoms with E-state index in [-0.39, 0.29) is 0 Å². The molecule has 2 nitrogen and oxygen atoms in total. The molecule has 0 bridgehead atoms. The molecule has 0 heterocycles. The number of nitrogens with two attached hydrogens (primary N) is 1. The summed E-state index contributed by atoms with van der Waals surface area (Å²) in [5.74, 6) is 0.979. The third-order valence-electron chi connectivity index (χ3n) is 3.24. The van der Waals surface area contributed by atoms with Crippen LogP contribution in [-0.2, 0) is 0 Å². The van der Waals surface area contributed by atoms with Crippen molar-refractivity contribution >= 4 is 0 Å². The Kier molecular flexibility index (Phi) is 7.51. The summed E-state index contributed by atoms with van der Waals surface area (Å²) in [4.78, 5) is 0. The third-order valence-corrected chi connectivity index (χ3v) is 3.24. The minimum Gasteiger partial charge on any atom is -0.491 e. The van der Waals surface area contributed by atoms with E-state index in [0.717, 1.165) is 12.2 Å². The Balaban J connectivity index is 2.14. The fourth-order valence-electron chi connectivity index (χ4n) is 2.01. The number of unbranched alkanes of at least 4 members (excludes halogenated alkanes) is 1. The largest absolute Gasteiger partial charge is 0.491 e. The van der Waals surface area contributed by atoms with Gasteiger partial charge in [-0.05, 0) is 38.8 Å². The van der Waals surface area contributed by atoms with Crippen LogP contribution in [-0.4, -0.2) is 18.7 Å². The van der Waals surface area contributed by atoms with E-state index in [9.17, 15) is 0 Å².